The molecule has 0 saturated carbocycles. The van der Waals surface area contributed by atoms with Crippen LogP contribution >= 0.6 is 22.9 Å². The van der Waals surface area contributed by atoms with Crippen LogP contribution in [0.25, 0.3) is 0 Å². The zero-order valence-electron chi connectivity index (χ0n) is 12.8. The number of methoxy groups -OCH3 is 1. The van der Waals surface area contributed by atoms with E-state index in [1.807, 2.05) is 0 Å². The summed E-state index contributed by atoms with van der Waals surface area (Å²) >= 11 is 6.08. The predicted octanol–water partition coefficient (Wildman–Crippen LogP) is 3.74. The summed E-state index contributed by atoms with van der Waals surface area (Å²) in [5.74, 6) is -4.03. The molecule has 14 heteroatoms. The van der Waals surface area contributed by atoms with Crippen molar-refractivity contribution in [3.63, 3.8) is 0 Å². The molecule has 0 bridgehead atoms. The summed E-state index contributed by atoms with van der Waals surface area (Å²) < 4.78 is 106. The molecule has 1 N–H and O–H groups in total. The Labute approximate surface area is 153 Å². The number of carbonyl (C=O) groups excluding carboxylic acids is 1. The van der Waals surface area contributed by atoms with Gasteiger partial charge in [0.1, 0.15) is 10.3 Å². The van der Waals surface area contributed by atoms with Gasteiger partial charge in [0.25, 0.3) is 10.0 Å². The van der Waals surface area contributed by atoms with Crippen LogP contribution in [0, 0.1) is 5.92 Å². The number of nitrogens with one attached hydrogen (secondary N) is 1. The lowest BCUT2D eigenvalue weighted by atomic mass is 9.92. The summed E-state index contributed by atoms with van der Waals surface area (Å²) in [7, 11) is -3.89. The van der Waals surface area contributed by atoms with Gasteiger partial charge in [-0.1, -0.05) is 11.6 Å². The molecule has 150 valence electrons. The van der Waals surface area contributed by atoms with Crippen molar-refractivity contribution in [1.82, 2.24) is 4.72 Å². The molecule has 0 amide bonds. The summed E-state index contributed by atoms with van der Waals surface area (Å²) in [5.41, 5.74) is 0. The van der Waals surface area contributed by atoms with Gasteiger partial charge >= 0.3 is 18.3 Å². The van der Waals surface area contributed by atoms with E-state index in [1.165, 1.54) is 0 Å². The summed E-state index contributed by atoms with van der Waals surface area (Å²) in [6.07, 6.45) is -14.2. The molecular formula is C12H12ClF6NO4S2. The molecular weight excluding hydrogens is 436 g/mol. The Kier molecular flexibility index (Phi) is 7.35. The van der Waals surface area contributed by atoms with Crippen LogP contribution in [0.1, 0.15) is 12.8 Å². The van der Waals surface area contributed by atoms with Gasteiger partial charge in [0.15, 0.2) is 0 Å². The molecule has 0 aromatic carbocycles. The van der Waals surface area contributed by atoms with Gasteiger partial charge < -0.3 is 4.74 Å². The van der Waals surface area contributed by atoms with E-state index in [9.17, 15) is 39.6 Å². The van der Waals surface area contributed by atoms with Crippen molar-refractivity contribution in [3.05, 3.63) is 16.5 Å². The average Bonchev–Trinajstić information content (AvgIpc) is 2.87. The smallest absolute Gasteiger partial charge is 0.389 e. The number of alkyl halides is 6. The van der Waals surface area contributed by atoms with Crippen molar-refractivity contribution in [2.45, 2.75) is 35.4 Å². The SMILES string of the molecule is COC(=O)[C@@H](NS(=O)(=O)c1ccc(Cl)s1)C(CC(F)(F)F)CC(F)(F)F. The molecule has 1 aromatic rings. The van der Waals surface area contributed by atoms with Crippen LogP contribution in [0.5, 0.6) is 0 Å². The Hall–Kier alpha value is -1.05. The molecule has 0 aliphatic rings. The quantitative estimate of drug-likeness (QED) is 0.510. The van der Waals surface area contributed by atoms with Crippen LogP contribution in [-0.4, -0.2) is 39.9 Å². The first-order valence-corrected chi connectivity index (χ1v) is 9.31. The lowest BCUT2D eigenvalue weighted by Crippen LogP contribution is -2.48. The van der Waals surface area contributed by atoms with E-state index in [2.05, 4.69) is 4.74 Å². The number of hydrogen-bond donors (Lipinski definition) is 1. The fraction of sp³-hybridized carbons (Fsp3) is 0.583. The number of rotatable bonds is 7. The second-order valence-electron chi connectivity index (χ2n) is 5.08. The van der Waals surface area contributed by atoms with E-state index in [0.717, 1.165) is 12.1 Å². The summed E-state index contributed by atoms with van der Waals surface area (Å²) in [5, 5.41) is 0. The molecule has 1 rings (SSSR count). The van der Waals surface area contributed by atoms with Gasteiger partial charge in [0.2, 0.25) is 0 Å². The first-order valence-electron chi connectivity index (χ1n) is 6.63. The van der Waals surface area contributed by atoms with E-state index < -0.39 is 57.4 Å². The number of ether oxygens (including phenoxy) is 1. The lowest BCUT2D eigenvalue weighted by Gasteiger charge is -2.27. The van der Waals surface area contributed by atoms with Gasteiger partial charge in [-0.25, -0.2) is 8.42 Å². The predicted molar refractivity (Wildman–Crippen MR) is 80.3 cm³/mol. The van der Waals surface area contributed by atoms with Gasteiger partial charge in [-0.15, -0.1) is 11.3 Å². The normalized spacial score (nSPS) is 14.5. The zero-order chi connectivity index (χ0) is 20.3. The number of sulfonamides is 1. The summed E-state index contributed by atoms with van der Waals surface area (Å²) in [6.45, 7) is 0. The van der Waals surface area contributed by atoms with Gasteiger partial charge in [0, 0.05) is 18.8 Å². The molecule has 0 aliphatic heterocycles. The van der Waals surface area contributed by atoms with Gasteiger partial charge in [-0.2, -0.15) is 31.1 Å². The molecule has 1 heterocycles. The van der Waals surface area contributed by atoms with Crippen LogP contribution in [0.4, 0.5) is 26.3 Å². The first kappa shape index (κ1) is 23.0. The molecule has 5 nitrogen and oxygen atoms in total. The van der Waals surface area contributed by atoms with Crippen LogP contribution < -0.4 is 4.72 Å². The van der Waals surface area contributed by atoms with Crippen LogP contribution in [-0.2, 0) is 19.6 Å². The summed E-state index contributed by atoms with van der Waals surface area (Å²) in [4.78, 5) is 11.7. The van der Waals surface area contributed by atoms with Crippen LogP contribution in [0.3, 0.4) is 0 Å². The number of carbonyl (C=O) groups is 1. The van der Waals surface area contributed by atoms with Crippen molar-refractivity contribution in [2.24, 2.45) is 5.92 Å². The van der Waals surface area contributed by atoms with E-state index in [4.69, 9.17) is 11.6 Å². The molecule has 26 heavy (non-hydrogen) atoms. The molecule has 0 aliphatic carbocycles. The maximum atomic E-state index is 12.7. The molecule has 1 atom stereocenters. The lowest BCUT2D eigenvalue weighted by molar-refractivity contribution is -0.179. The Morgan fingerprint density at radius 1 is 1.19 bits per heavy atom. The average molecular weight is 448 g/mol. The monoisotopic (exact) mass is 447 g/mol. The van der Waals surface area contributed by atoms with Crippen molar-refractivity contribution < 1.29 is 44.3 Å². The van der Waals surface area contributed by atoms with Crippen LogP contribution in [0.2, 0.25) is 4.34 Å². The third-order valence-corrected chi connectivity index (χ3v) is 6.17. The van der Waals surface area contributed by atoms with E-state index in [0.29, 0.717) is 18.4 Å². The summed E-state index contributed by atoms with van der Waals surface area (Å²) in [6, 6.07) is -0.239. The Morgan fingerprint density at radius 3 is 2.04 bits per heavy atom. The number of hydrogen-bond acceptors (Lipinski definition) is 5. The second-order valence-corrected chi connectivity index (χ2v) is 8.74. The fourth-order valence-electron chi connectivity index (χ4n) is 2.03. The first-order chi connectivity index (χ1) is 11.6. The number of esters is 1. The Bertz CT molecular complexity index is 715. The molecule has 0 radical (unpaired) electrons. The minimum Gasteiger partial charge on any atom is -0.468 e. The van der Waals surface area contributed by atoms with E-state index in [-0.39, 0.29) is 4.34 Å². The minimum absolute atomic E-state index is 0.0159. The van der Waals surface area contributed by atoms with Crippen molar-refractivity contribution >= 4 is 38.9 Å². The highest BCUT2D eigenvalue weighted by molar-refractivity contribution is 7.91. The van der Waals surface area contributed by atoms with Gasteiger partial charge in [-0.05, 0) is 12.1 Å². The van der Waals surface area contributed by atoms with Gasteiger partial charge in [0.05, 0.1) is 11.4 Å². The topological polar surface area (TPSA) is 72.5 Å². The van der Waals surface area contributed by atoms with Gasteiger partial charge in [-0.3, -0.25) is 4.79 Å². The highest BCUT2D eigenvalue weighted by Gasteiger charge is 2.46. The third-order valence-electron chi connectivity index (χ3n) is 3.01. The highest BCUT2D eigenvalue weighted by Crippen LogP contribution is 2.36. The second kappa shape index (κ2) is 8.31. The molecule has 0 unspecified atom stereocenters. The largest absolute Gasteiger partial charge is 0.468 e. The molecule has 0 saturated heterocycles. The molecule has 0 spiro atoms. The van der Waals surface area contributed by atoms with E-state index in [1.54, 1.807) is 4.72 Å². The minimum atomic E-state index is -5.07. The van der Waals surface area contributed by atoms with E-state index >= 15 is 0 Å². The maximum absolute atomic E-state index is 12.7. The van der Waals surface area contributed by atoms with Crippen molar-refractivity contribution in [2.75, 3.05) is 7.11 Å². The molecule has 0 fully saturated rings. The van der Waals surface area contributed by atoms with Crippen molar-refractivity contribution in [1.29, 1.82) is 0 Å². The Balaban J connectivity index is 3.24. The maximum Gasteiger partial charge on any atom is 0.389 e. The molecule has 1 aromatic heterocycles. The number of halogens is 7. The fourth-order valence-corrected chi connectivity index (χ4v) is 4.79. The highest BCUT2D eigenvalue weighted by atomic mass is 35.5. The number of thiophene rings is 1. The zero-order valence-corrected chi connectivity index (χ0v) is 15.2. The van der Waals surface area contributed by atoms with Crippen molar-refractivity contribution in [3.8, 4) is 0 Å². The third kappa shape index (κ3) is 7.29. The standard InChI is InChI=1S/C12H12ClF6NO4S2/c1-24-10(21)9(6(4-11(14,15)16)5-12(17,18)19)20-26(22,23)8-3-2-7(13)25-8/h2-3,6,9,20H,4-5H2,1H3/t9-/m0/s1. The Morgan fingerprint density at radius 2 is 1.69 bits per heavy atom. The van der Waals surface area contributed by atoms with Crippen LogP contribution in [0.15, 0.2) is 16.3 Å².